The Morgan fingerprint density at radius 3 is 3.00 bits per heavy atom. The lowest BCUT2D eigenvalue weighted by atomic mass is 10.1. The van der Waals surface area contributed by atoms with Crippen LogP contribution in [0.2, 0.25) is 0 Å². The van der Waals surface area contributed by atoms with Gasteiger partial charge in [-0.25, -0.2) is 14.8 Å². The average Bonchev–Trinajstić information content (AvgIpc) is 3.05. The van der Waals surface area contributed by atoms with Crippen molar-refractivity contribution in [2.24, 2.45) is 0 Å². The molecule has 0 saturated carbocycles. The van der Waals surface area contributed by atoms with Crippen molar-refractivity contribution in [2.75, 3.05) is 23.7 Å². The third-order valence-electron chi connectivity index (χ3n) is 4.76. The van der Waals surface area contributed by atoms with Gasteiger partial charge >= 0.3 is 6.09 Å². The highest BCUT2D eigenvalue weighted by molar-refractivity contribution is 9.10. The van der Waals surface area contributed by atoms with Crippen LogP contribution in [0.1, 0.15) is 18.4 Å². The first kappa shape index (κ1) is 18.5. The van der Waals surface area contributed by atoms with E-state index in [4.69, 9.17) is 10.5 Å². The van der Waals surface area contributed by atoms with Gasteiger partial charge in [-0.05, 0) is 34.3 Å². The van der Waals surface area contributed by atoms with E-state index in [1.165, 1.54) is 0 Å². The van der Waals surface area contributed by atoms with Crippen LogP contribution in [-0.4, -0.2) is 39.6 Å². The molecule has 8 nitrogen and oxygen atoms in total. The summed E-state index contributed by atoms with van der Waals surface area (Å²) >= 11 is 3.46. The Hall–Kier alpha value is -2.81. The van der Waals surface area contributed by atoms with Crippen LogP contribution in [0.15, 0.2) is 47.3 Å². The first-order valence-electron chi connectivity index (χ1n) is 9.12. The number of alkyl carbamates (subject to hydrolysis) is 1. The zero-order valence-electron chi connectivity index (χ0n) is 15.2. The van der Waals surface area contributed by atoms with Crippen molar-refractivity contribution in [3.05, 3.63) is 52.9 Å². The number of halogens is 1. The summed E-state index contributed by atoms with van der Waals surface area (Å²) in [4.78, 5) is 23.1. The Morgan fingerprint density at radius 1 is 1.36 bits per heavy atom. The third-order valence-corrected chi connectivity index (χ3v) is 5.31. The van der Waals surface area contributed by atoms with Gasteiger partial charge in [0.2, 0.25) is 5.95 Å². The Kier molecular flexibility index (Phi) is 5.34. The third kappa shape index (κ3) is 3.89. The summed E-state index contributed by atoms with van der Waals surface area (Å²) < 4.78 is 7.92. The fourth-order valence-corrected chi connectivity index (χ4v) is 3.99. The molecule has 146 valence electrons. The lowest BCUT2D eigenvalue weighted by molar-refractivity contribution is 0.134. The van der Waals surface area contributed by atoms with Crippen LogP contribution in [0.5, 0.6) is 0 Å². The normalized spacial score (nSPS) is 16.9. The molecule has 1 aliphatic rings. The summed E-state index contributed by atoms with van der Waals surface area (Å²) in [7, 11) is 0. The number of ether oxygens (including phenoxy) is 1. The van der Waals surface area contributed by atoms with Crippen LogP contribution in [0.25, 0.3) is 5.52 Å². The second kappa shape index (κ2) is 8.05. The largest absolute Gasteiger partial charge is 0.445 e. The zero-order chi connectivity index (χ0) is 19.5. The van der Waals surface area contributed by atoms with Crippen LogP contribution in [0.3, 0.4) is 0 Å². The molecule has 9 heteroatoms. The number of imidazole rings is 1. The van der Waals surface area contributed by atoms with Crippen molar-refractivity contribution in [1.82, 2.24) is 19.7 Å². The minimum absolute atomic E-state index is 0.0117. The summed E-state index contributed by atoms with van der Waals surface area (Å²) in [5.41, 5.74) is 7.69. The van der Waals surface area contributed by atoms with E-state index in [-0.39, 0.29) is 12.6 Å². The topological polar surface area (TPSA) is 97.8 Å². The Labute approximate surface area is 170 Å². The molecule has 0 spiro atoms. The standard InChI is InChI=1S/C19H21BrN6O2/c20-16-15-17(21)22-8-10-26(15)18(24-16)25-9-4-7-14(11-25)23-19(27)28-12-13-5-2-1-3-6-13/h1-3,5-6,8,10,14H,4,7,9,11-12H2,(H2,21,22)(H,23,27)/t14-/m1/s1. The number of rotatable bonds is 4. The number of nitrogens with two attached hydrogens (primary N) is 1. The fourth-order valence-electron chi connectivity index (χ4n) is 3.44. The molecule has 28 heavy (non-hydrogen) atoms. The quantitative estimate of drug-likeness (QED) is 0.641. The zero-order valence-corrected chi connectivity index (χ0v) is 16.8. The molecule has 1 aliphatic heterocycles. The molecule has 0 aliphatic carbocycles. The number of piperidine rings is 1. The number of hydrogen-bond acceptors (Lipinski definition) is 6. The van der Waals surface area contributed by atoms with Gasteiger partial charge in [0.05, 0.1) is 0 Å². The highest BCUT2D eigenvalue weighted by Gasteiger charge is 2.26. The summed E-state index contributed by atoms with van der Waals surface area (Å²) in [6.45, 7) is 1.76. The molecule has 1 amide bonds. The maximum absolute atomic E-state index is 12.2. The summed E-state index contributed by atoms with van der Waals surface area (Å²) in [6.07, 6.45) is 4.92. The number of nitrogens with zero attached hydrogens (tertiary/aromatic N) is 4. The van der Waals surface area contributed by atoms with Gasteiger partial charge in [-0.2, -0.15) is 0 Å². The molecule has 0 radical (unpaired) electrons. The monoisotopic (exact) mass is 444 g/mol. The van der Waals surface area contributed by atoms with E-state index in [9.17, 15) is 4.79 Å². The minimum atomic E-state index is -0.404. The first-order valence-corrected chi connectivity index (χ1v) is 9.91. The number of nitrogen functional groups attached to an aromatic ring is 1. The predicted molar refractivity (Wildman–Crippen MR) is 110 cm³/mol. The smallest absolute Gasteiger partial charge is 0.407 e. The van der Waals surface area contributed by atoms with Crippen LogP contribution in [-0.2, 0) is 11.3 Å². The molecule has 1 aromatic carbocycles. The molecule has 3 N–H and O–H groups in total. The summed E-state index contributed by atoms with van der Waals surface area (Å²) in [5, 5.41) is 2.97. The molecular weight excluding hydrogens is 424 g/mol. The number of carbonyl (C=O) groups excluding carboxylic acids is 1. The van der Waals surface area contributed by atoms with E-state index < -0.39 is 6.09 Å². The summed E-state index contributed by atoms with van der Waals surface area (Å²) in [5.74, 6) is 1.20. The number of hydrogen-bond donors (Lipinski definition) is 2. The minimum Gasteiger partial charge on any atom is -0.445 e. The van der Waals surface area contributed by atoms with Crippen molar-refractivity contribution >= 4 is 39.3 Å². The van der Waals surface area contributed by atoms with Gasteiger partial charge in [0.25, 0.3) is 0 Å². The van der Waals surface area contributed by atoms with Gasteiger partial charge in [-0.1, -0.05) is 30.3 Å². The molecule has 2 aromatic heterocycles. The number of aromatic nitrogens is 3. The first-order chi connectivity index (χ1) is 13.6. The Morgan fingerprint density at radius 2 is 2.18 bits per heavy atom. The lowest BCUT2D eigenvalue weighted by Crippen LogP contribution is -2.48. The number of nitrogens with one attached hydrogen (secondary N) is 1. The second-order valence-corrected chi connectivity index (χ2v) is 7.48. The molecular formula is C19H21BrN6O2. The fraction of sp³-hybridized carbons (Fsp3) is 0.316. The van der Waals surface area contributed by atoms with Crippen molar-refractivity contribution in [3.63, 3.8) is 0 Å². The SMILES string of the molecule is Nc1nccn2c(N3CCC[C@@H](NC(=O)OCc4ccccc4)C3)nc(Br)c12. The highest BCUT2D eigenvalue weighted by atomic mass is 79.9. The number of anilines is 2. The van der Waals surface area contributed by atoms with Gasteiger partial charge < -0.3 is 20.7 Å². The summed E-state index contributed by atoms with van der Waals surface area (Å²) in [6, 6.07) is 9.62. The van der Waals surface area contributed by atoms with E-state index >= 15 is 0 Å². The van der Waals surface area contributed by atoms with Gasteiger partial charge in [0.15, 0.2) is 5.82 Å². The average molecular weight is 445 g/mol. The molecule has 1 saturated heterocycles. The van der Waals surface area contributed by atoms with E-state index in [1.54, 1.807) is 6.20 Å². The number of carbonyl (C=O) groups is 1. The number of amides is 1. The van der Waals surface area contributed by atoms with Crippen LogP contribution < -0.4 is 16.0 Å². The van der Waals surface area contributed by atoms with Gasteiger partial charge in [-0.3, -0.25) is 4.40 Å². The highest BCUT2D eigenvalue weighted by Crippen LogP contribution is 2.28. The lowest BCUT2D eigenvalue weighted by Gasteiger charge is -2.33. The van der Waals surface area contributed by atoms with E-state index in [0.29, 0.717) is 17.0 Å². The molecule has 1 atom stereocenters. The maximum Gasteiger partial charge on any atom is 0.407 e. The molecule has 3 heterocycles. The maximum atomic E-state index is 12.2. The van der Waals surface area contributed by atoms with Crippen molar-refractivity contribution in [3.8, 4) is 0 Å². The van der Waals surface area contributed by atoms with Crippen LogP contribution >= 0.6 is 15.9 Å². The van der Waals surface area contributed by atoms with E-state index in [0.717, 1.165) is 36.4 Å². The molecule has 4 rings (SSSR count). The predicted octanol–water partition coefficient (Wildman–Crippen LogP) is 2.97. The second-order valence-electron chi connectivity index (χ2n) is 6.72. The molecule has 0 unspecified atom stereocenters. The Bertz CT molecular complexity index is 977. The Balaban J connectivity index is 1.41. The van der Waals surface area contributed by atoms with E-state index in [1.807, 2.05) is 40.9 Å². The van der Waals surface area contributed by atoms with Gasteiger partial charge in [0, 0.05) is 31.5 Å². The molecule has 0 bridgehead atoms. The van der Waals surface area contributed by atoms with Gasteiger partial charge in [0.1, 0.15) is 16.7 Å². The number of benzene rings is 1. The van der Waals surface area contributed by atoms with Crippen molar-refractivity contribution in [1.29, 1.82) is 0 Å². The van der Waals surface area contributed by atoms with Gasteiger partial charge in [-0.15, -0.1) is 0 Å². The molecule has 3 aromatic rings. The van der Waals surface area contributed by atoms with Crippen LogP contribution in [0, 0.1) is 0 Å². The van der Waals surface area contributed by atoms with Crippen LogP contribution in [0.4, 0.5) is 16.6 Å². The number of fused-ring (bicyclic) bond motifs is 1. The van der Waals surface area contributed by atoms with E-state index in [2.05, 4.69) is 36.1 Å². The van der Waals surface area contributed by atoms with Crippen molar-refractivity contribution < 1.29 is 9.53 Å². The van der Waals surface area contributed by atoms with Crippen molar-refractivity contribution in [2.45, 2.75) is 25.5 Å². The molecule has 1 fully saturated rings.